The van der Waals surface area contributed by atoms with Crippen LogP contribution in [0.25, 0.3) is 0 Å². The van der Waals surface area contributed by atoms with Gasteiger partial charge in [0.05, 0.1) is 12.6 Å². The van der Waals surface area contributed by atoms with E-state index in [1.807, 2.05) is 72.5 Å². The lowest BCUT2D eigenvalue weighted by atomic mass is 10.0. The van der Waals surface area contributed by atoms with Gasteiger partial charge in [-0.1, -0.05) is 60.7 Å². The number of nitrogens with zero attached hydrogens (tertiary/aromatic N) is 1. The number of Topliss-reactive ketones (excluding diaryl/α,β-unsaturated/α-hetero) is 1. The fraction of sp³-hybridized carbons (Fsp3) is 0.278. The van der Waals surface area contributed by atoms with Gasteiger partial charge in [-0.2, -0.15) is 0 Å². The zero-order valence-electron chi connectivity index (χ0n) is 12.3. The molecule has 0 amide bonds. The first-order chi connectivity index (χ1) is 10.2. The standard InChI is InChI=1S/C18H21NO2/c1-15(18(21)17-10-6-3-7-11-17)19(12-13-20)14-16-8-4-2-5-9-16/h2-11,15,20H,12-14H2,1H3/t15-/m0/s1. The molecule has 0 saturated heterocycles. The minimum Gasteiger partial charge on any atom is -0.395 e. The van der Waals surface area contributed by atoms with Gasteiger partial charge in [0.2, 0.25) is 0 Å². The smallest absolute Gasteiger partial charge is 0.179 e. The fourth-order valence-corrected chi connectivity index (χ4v) is 2.37. The highest BCUT2D eigenvalue weighted by Crippen LogP contribution is 2.12. The van der Waals surface area contributed by atoms with Gasteiger partial charge in [-0.25, -0.2) is 0 Å². The Hall–Kier alpha value is -1.97. The van der Waals surface area contributed by atoms with E-state index < -0.39 is 0 Å². The number of aliphatic hydroxyl groups is 1. The summed E-state index contributed by atoms with van der Waals surface area (Å²) in [6.45, 7) is 3.07. The molecule has 0 aliphatic heterocycles. The monoisotopic (exact) mass is 283 g/mol. The first kappa shape index (κ1) is 15.4. The second-order valence-corrected chi connectivity index (χ2v) is 5.09. The number of carbonyl (C=O) groups is 1. The number of benzene rings is 2. The van der Waals surface area contributed by atoms with E-state index in [1.165, 1.54) is 0 Å². The van der Waals surface area contributed by atoms with Crippen LogP contribution in [0, 0.1) is 0 Å². The van der Waals surface area contributed by atoms with Gasteiger partial charge < -0.3 is 5.11 Å². The second kappa shape index (κ2) is 7.72. The minimum absolute atomic E-state index is 0.0409. The van der Waals surface area contributed by atoms with Crippen LogP contribution in [0.1, 0.15) is 22.8 Å². The molecule has 2 aromatic rings. The van der Waals surface area contributed by atoms with Crippen LogP contribution >= 0.6 is 0 Å². The fourth-order valence-electron chi connectivity index (χ4n) is 2.37. The molecule has 0 aliphatic carbocycles. The summed E-state index contributed by atoms with van der Waals surface area (Å²) in [6.07, 6.45) is 0. The Morgan fingerprint density at radius 1 is 1.05 bits per heavy atom. The van der Waals surface area contributed by atoms with Crippen LogP contribution in [0.15, 0.2) is 60.7 Å². The average Bonchev–Trinajstić information content (AvgIpc) is 2.55. The summed E-state index contributed by atoms with van der Waals surface area (Å²) in [5.74, 6) is 0.0833. The number of carbonyl (C=O) groups excluding carboxylic acids is 1. The lowest BCUT2D eigenvalue weighted by molar-refractivity contribution is 0.0794. The highest BCUT2D eigenvalue weighted by atomic mass is 16.3. The van der Waals surface area contributed by atoms with E-state index in [9.17, 15) is 9.90 Å². The van der Waals surface area contributed by atoms with Crippen LogP contribution in [0.5, 0.6) is 0 Å². The number of ketones is 1. The van der Waals surface area contributed by atoms with E-state index >= 15 is 0 Å². The SMILES string of the molecule is C[C@@H](C(=O)c1ccccc1)N(CCO)Cc1ccccc1. The highest BCUT2D eigenvalue weighted by Gasteiger charge is 2.22. The van der Waals surface area contributed by atoms with Crippen molar-refractivity contribution >= 4 is 5.78 Å². The van der Waals surface area contributed by atoms with Crippen molar-refractivity contribution in [2.24, 2.45) is 0 Å². The lowest BCUT2D eigenvalue weighted by Gasteiger charge is -2.27. The topological polar surface area (TPSA) is 40.5 Å². The molecule has 0 unspecified atom stereocenters. The summed E-state index contributed by atoms with van der Waals surface area (Å²) >= 11 is 0. The first-order valence-corrected chi connectivity index (χ1v) is 7.20. The molecular weight excluding hydrogens is 262 g/mol. The summed E-state index contributed by atoms with van der Waals surface area (Å²) in [4.78, 5) is 14.5. The van der Waals surface area contributed by atoms with Crippen molar-refractivity contribution in [1.82, 2.24) is 4.90 Å². The molecule has 21 heavy (non-hydrogen) atoms. The average molecular weight is 283 g/mol. The van der Waals surface area contributed by atoms with Crippen LogP contribution in [-0.2, 0) is 6.54 Å². The summed E-state index contributed by atoms with van der Waals surface area (Å²) in [6, 6.07) is 19.0. The third-order valence-corrected chi connectivity index (χ3v) is 3.60. The Balaban J connectivity index is 2.12. The Labute approximate surface area is 125 Å². The summed E-state index contributed by atoms with van der Waals surface area (Å²) in [5.41, 5.74) is 1.85. The summed E-state index contributed by atoms with van der Waals surface area (Å²) in [7, 11) is 0. The molecule has 0 aromatic heterocycles. The Morgan fingerprint density at radius 2 is 1.62 bits per heavy atom. The quantitative estimate of drug-likeness (QED) is 0.794. The van der Waals surface area contributed by atoms with E-state index in [4.69, 9.17) is 0 Å². The normalized spacial score (nSPS) is 12.3. The van der Waals surface area contributed by atoms with Gasteiger partial charge in [-0.05, 0) is 12.5 Å². The van der Waals surface area contributed by atoms with Gasteiger partial charge in [0.1, 0.15) is 0 Å². The molecule has 0 saturated carbocycles. The molecule has 1 atom stereocenters. The molecule has 0 bridgehead atoms. The van der Waals surface area contributed by atoms with E-state index in [1.54, 1.807) is 0 Å². The van der Waals surface area contributed by atoms with E-state index in [-0.39, 0.29) is 18.4 Å². The maximum atomic E-state index is 12.5. The van der Waals surface area contributed by atoms with Crippen molar-refractivity contribution in [2.45, 2.75) is 19.5 Å². The van der Waals surface area contributed by atoms with E-state index in [0.29, 0.717) is 18.7 Å². The van der Waals surface area contributed by atoms with Gasteiger partial charge in [0.15, 0.2) is 5.78 Å². The molecule has 3 heteroatoms. The molecule has 3 nitrogen and oxygen atoms in total. The number of hydrogen-bond acceptors (Lipinski definition) is 3. The van der Waals surface area contributed by atoms with Crippen molar-refractivity contribution in [2.75, 3.05) is 13.2 Å². The zero-order chi connectivity index (χ0) is 15.1. The molecule has 0 fully saturated rings. The first-order valence-electron chi connectivity index (χ1n) is 7.20. The second-order valence-electron chi connectivity index (χ2n) is 5.09. The van der Waals surface area contributed by atoms with Gasteiger partial charge in [-0.15, -0.1) is 0 Å². The van der Waals surface area contributed by atoms with Gasteiger partial charge in [0, 0.05) is 18.7 Å². The lowest BCUT2D eigenvalue weighted by Crippen LogP contribution is -2.40. The van der Waals surface area contributed by atoms with Crippen LogP contribution in [0.3, 0.4) is 0 Å². The van der Waals surface area contributed by atoms with Crippen molar-refractivity contribution in [3.63, 3.8) is 0 Å². The minimum atomic E-state index is -0.264. The van der Waals surface area contributed by atoms with Gasteiger partial charge >= 0.3 is 0 Å². The number of rotatable bonds is 7. The predicted octanol–water partition coefficient (Wildman–Crippen LogP) is 2.75. The Kier molecular flexibility index (Phi) is 5.67. The molecule has 0 spiro atoms. The largest absolute Gasteiger partial charge is 0.395 e. The van der Waals surface area contributed by atoms with Gasteiger partial charge in [0.25, 0.3) is 0 Å². The van der Waals surface area contributed by atoms with Crippen molar-refractivity contribution in [3.8, 4) is 0 Å². The summed E-state index contributed by atoms with van der Waals surface area (Å²) < 4.78 is 0. The van der Waals surface area contributed by atoms with Crippen molar-refractivity contribution in [1.29, 1.82) is 0 Å². The maximum absolute atomic E-state index is 12.5. The van der Waals surface area contributed by atoms with Crippen molar-refractivity contribution in [3.05, 3.63) is 71.8 Å². The van der Waals surface area contributed by atoms with Crippen LogP contribution in [-0.4, -0.2) is 35.0 Å². The number of hydrogen-bond donors (Lipinski definition) is 1. The molecule has 110 valence electrons. The number of aliphatic hydroxyl groups excluding tert-OH is 1. The Bertz CT molecular complexity index is 554. The molecule has 2 rings (SSSR count). The van der Waals surface area contributed by atoms with E-state index in [0.717, 1.165) is 5.56 Å². The third-order valence-electron chi connectivity index (χ3n) is 3.60. The molecule has 0 radical (unpaired) electrons. The molecule has 0 aliphatic rings. The molecule has 2 aromatic carbocycles. The third kappa shape index (κ3) is 4.25. The molecule has 0 heterocycles. The Morgan fingerprint density at radius 3 is 2.19 bits per heavy atom. The van der Waals surface area contributed by atoms with Crippen molar-refractivity contribution < 1.29 is 9.90 Å². The van der Waals surface area contributed by atoms with Gasteiger partial charge in [-0.3, -0.25) is 9.69 Å². The van der Waals surface area contributed by atoms with E-state index in [2.05, 4.69) is 0 Å². The zero-order valence-corrected chi connectivity index (χ0v) is 12.3. The molecular formula is C18H21NO2. The van der Waals surface area contributed by atoms with Crippen LogP contribution in [0.2, 0.25) is 0 Å². The maximum Gasteiger partial charge on any atom is 0.179 e. The van der Waals surface area contributed by atoms with Crippen LogP contribution in [0.4, 0.5) is 0 Å². The molecule has 1 N–H and O–H groups in total. The summed E-state index contributed by atoms with van der Waals surface area (Å²) in [5, 5.41) is 9.26. The highest BCUT2D eigenvalue weighted by molar-refractivity contribution is 5.99. The predicted molar refractivity (Wildman–Crippen MR) is 84.2 cm³/mol. The van der Waals surface area contributed by atoms with Crippen LogP contribution < -0.4 is 0 Å².